The first-order valence-corrected chi connectivity index (χ1v) is 7.84. The number of hydrogen-bond donors (Lipinski definition) is 2. The van der Waals surface area contributed by atoms with Gasteiger partial charge in [0.1, 0.15) is 0 Å². The molecule has 1 aliphatic carbocycles. The monoisotopic (exact) mass is 317 g/mol. The first-order valence-electron chi connectivity index (χ1n) is 7.84. The minimum absolute atomic E-state index is 0. The molecule has 0 unspecified atom stereocenters. The molecule has 5 nitrogen and oxygen atoms in total. The van der Waals surface area contributed by atoms with Gasteiger partial charge in [0, 0.05) is 26.6 Å². The highest BCUT2D eigenvalue weighted by atomic mass is 35.5. The normalized spacial score (nSPS) is 22.3. The predicted molar refractivity (Wildman–Crippen MR) is 85.2 cm³/mol. The highest BCUT2D eigenvalue weighted by Gasteiger charge is 2.39. The molecule has 0 aromatic carbocycles. The Labute approximate surface area is 133 Å². The fourth-order valence-electron chi connectivity index (χ4n) is 3.42. The fraction of sp³-hybridized carbons (Fsp3) is 0.867. The molecule has 2 amide bonds. The van der Waals surface area contributed by atoms with Gasteiger partial charge in [-0.1, -0.05) is 19.3 Å². The minimum atomic E-state index is -0.619. The second-order valence-corrected chi connectivity index (χ2v) is 6.33. The van der Waals surface area contributed by atoms with E-state index in [1.807, 2.05) is 4.90 Å². The summed E-state index contributed by atoms with van der Waals surface area (Å²) < 4.78 is 0. The Bertz CT molecular complexity index is 362. The number of rotatable bonds is 3. The zero-order valence-electron chi connectivity index (χ0n) is 12.9. The Kier molecular flexibility index (Phi) is 6.94. The van der Waals surface area contributed by atoms with Gasteiger partial charge in [-0.2, -0.15) is 0 Å². The van der Waals surface area contributed by atoms with Crippen LogP contribution in [0.15, 0.2) is 0 Å². The van der Waals surface area contributed by atoms with Crippen molar-refractivity contribution in [2.45, 2.75) is 56.9 Å². The van der Waals surface area contributed by atoms with Gasteiger partial charge in [-0.15, -0.1) is 12.4 Å². The van der Waals surface area contributed by atoms with Gasteiger partial charge in [0.25, 0.3) is 0 Å². The Morgan fingerprint density at radius 1 is 1.19 bits per heavy atom. The van der Waals surface area contributed by atoms with Crippen LogP contribution in [0.3, 0.4) is 0 Å². The van der Waals surface area contributed by atoms with Gasteiger partial charge in [-0.3, -0.25) is 9.59 Å². The van der Waals surface area contributed by atoms with Crippen molar-refractivity contribution in [3.05, 3.63) is 0 Å². The molecule has 1 aliphatic heterocycles. The van der Waals surface area contributed by atoms with E-state index in [0.717, 1.165) is 51.6 Å². The Morgan fingerprint density at radius 3 is 2.29 bits per heavy atom. The van der Waals surface area contributed by atoms with Crippen molar-refractivity contribution in [1.29, 1.82) is 0 Å². The van der Waals surface area contributed by atoms with Crippen LogP contribution in [0.5, 0.6) is 0 Å². The molecular formula is C15H28ClN3O2. The highest BCUT2D eigenvalue weighted by Crippen LogP contribution is 2.29. The van der Waals surface area contributed by atoms with Crippen LogP contribution in [0.2, 0.25) is 0 Å². The third kappa shape index (κ3) is 4.58. The van der Waals surface area contributed by atoms with Crippen LogP contribution >= 0.6 is 12.4 Å². The summed E-state index contributed by atoms with van der Waals surface area (Å²) in [7, 11) is 1.67. The van der Waals surface area contributed by atoms with E-state index in [2.05, 4.69) is 5.32 Å². The summed E-state index contributed by atoms with van der Waals surface area (Å²) in [6, 6.07) is 0. The highest BCUT2D eigenvalue weighted by molar-refractivity contribution is 5.86. The lowest BCUT2D eigenvalue weighted by molar-refractivity contribution is -0.139. The number of likely N-dealkylation sites (tertiary alicyclic amines) is 1. The van der Waals surface area contributed by atoms with Crippen LogP contribution in [-0.4, -0.2) is 42.4 Å². The molecule has 3 N–H and O–H groups in total. The molecule has 2 aliphatic rings. The predicted octanol–water partition coefficient (Wildman–Crippen LogP) is 1.44. The Hall–Kier alpha value is -0.810. The molecule has 0 radical (unpaired) electrons. The summed E-state index contributed by atoms with van der Waals surface area (Å²) in [4.78, 5) is 25.9. The molecule has 6 heteroatoms. The zero-order valence-corrected chi connectivity index (χ0v) is 13.7. The summed E-state index contributed by atoms with van der Waals surface area (Å²) in [5.74, 6) is 0.632. The summed E-state index contributed by atoms with van der Waals surface area (Å²) in [6.45, 7) is 1.50. The number of nitrogens with two attached hydrogens (primary N) is 1. The maximum Gasteiger partial charge on any atom is 0.242 e. The molecule has 2 rings (SSSR count). The minimum Gasteiger partial charge on any atom is -0.359 e. The largest absolute Gasteiger partial charge is 0.359 e. The lowest BCUT2D eigenvalue weighted by Crippen LogP contribution is -2.57. The van der Waals surface area contributed by atoms with E-state index in [9.17, 15) is 9.59 Å². The Morgan fingerprint density at radius 2 is 1.76 bits per heavy atom. The molecule has 2 fully saturated rings. The third-order valence-corrected chi connectivity index (χ3v) is 4.83. The maximum absolute atomic E-state index is 12.6. The van der Waals surface area contributed by atoms with E-state index < -0.39 is 5.54 Å². The molecule has 0 bridgehead atoms. The van der Waals surface area contributed by atoms with E-state index in [1.54, 1.807) is 7.05 Å². The van der Waals surface area contributed by atoms with Crippen molar-refractivity contribution in [3.8, 4) is 0 Å². The third-order valence-electron chi connectivity index (χ3n) is 4.83. The summed E-state index contributed by atoms with van der Waals surface area (Å²) in [6.07, 6.45) is 7.37. The summed E-state index contributed by atoms with van der Waals surface area (Å²) >= 11 is 0. The second kappa shape index (κ2) is 7.99. The van der Waals surface area contributed by atoms with E-state index in [0.29, 0.717) is 12.3 Å². The standard InChI is InChI=1S/C15H27N3O2.ClH/c1-17-13(19)11-12-5-9-18(10-6-12)14(20)15(16)7-3-2-4-8-15;/h12H,2-11,16H2,1H3,(H,17,19);1H. The molecule has 122 valence electrons. The quantitative estimate of drug-likeness (QED) is 0.827. The molecule has 0 aromatic rings. The molecule has 0 atom stereocenters. The lowest BCUT2D eigenvalue weighted by Gasteiger charge is -2.40. The SMILES string of the molecule is CNC(=O)CC1CCN(C(=O)C2(N)CCCCC2)CC1.Cl. The van der Waals surface area contributed by atoms with Gasteiger partial charge in [0.15, 0.2) is 0 Å². The average molecular weight is 318 g/mol. The Balaban J connectivity index is 0.00000220. The van der Waals surface area contributed by atoms with Crippen LogP contribution in [0.25, 0.3) is 0 Å². The van der Waals surface area contributed by atoms with Crippen LogP contribution in [0.4, 0.5) is 0 Å². The van der Waals surface area contributed by atoms with Gasteiger partial charge >= 0.3 is 0 Å². The van der Waals surface area contributed by atoms with E-state index >= 15 is 0 Å². The number of hydrogen-bond acceptors (Lipinski definition) is 3. The number of halogens is 1. The van der Waals surface area contributed by atoms with Gasteiger partial charge in [-0.05, 0) is 31.6 Å². The number of carbonyl (C=O) groups is 2. The summed E-state index contributed by atoms with van der Waals surface area (Å²) in [5, 5.41) is 2.66. The van der Waals surface area contributed by atoms with Crippen LogP contribution < -0.4 is 11.1 Å². The van der Waals surface area contributed by atoms with Crippen LogP contribution in [-0.2, 0) is 9.59 Å². The first kappa shape index (κ1) is 18.2. The van der Waals surface area contributed by atoms with Gasteiger partial charge < -0.3 is 16.0 Å². The lowest BCUT2D eigenvalue weighted by atomic mass is 9.80. The molecule has 21 heavy (non-hydrogen) atoms. The summed E-state index contributed by atoms with van der Waals surface area (Å²) in [5.41, 5.74) is 5.70. The molecule has 1 saturated carbocycles. The average Bonchev–Trinajstić information content (AvgIpc) is 2.48. The molecule has 0 aromatic heterocycles. The molecule has 1 saturated heterocycles. The van der Waals surface area contributed by atoms with Crippen LogP contribution in [0.1, 0.15) is 51.4 Å². The number of nitrogens with zero attached hydrogens (tertiary/aromatic N) is 1. The van der Waals surface area contributed by atoms with Gasteiger partial charge in [0.05, 0.1) is 5.54 Å². The van der Waals surface area contributed by atoms with Crippen molar-refractivity contribution in [2.24, 2.45) is 11.7 Å². The van der Waals surface area contributed by atoms with Gasteiger partial charge in [0.2, 0.25) is 11.8 Å². The first-order chi connectivity index (χ1) is 9.55. The van der Waals surface area contributed by atoms with Crippen LogP contribution in [0, 0.1) is 5.92 Å². The van der Waals surface area contributed by atoms with Crippen molar-refractivity contribution in [2.75, 3.05) is 20.1 Å². The fourth-order valence-corrected chi connectivity index (χ4v) is 3.42. The molecule has 1 heterocycles. The van der Waals surface area contributed by atoms with E-state index in [1.165, 1.54) is 6.42 Å². The molecular weight excluding hydrogens is 290 g/mol. The van der Waals surface area contributed by atoms with E-state index in [4.69, 9.17) is 5.73 Å². The number of nitrogens with one attached hydrogen (secondary N) is 1. The second-order valence-electron chi connectivity index (χ2n) is 6.33. The smallest absolute Gasteiger partial charge is 0.242 e. The van der Waals surface area contributed by atoms with Crippen molar-refractivity contribution in [1.82, 2.24) is 10.2 Å². The van der Waals surface area contributed by atoms with Crippen molar-refractivity contribution < 1.29 is 9.59 Å². The number of piperidine rings is 1. The number of carbonyl (C=O) groups excluding carboxylic acids is 2. The topological polar surface area (TPSA) is 75.4 Å². The van der Waals surface area contributed by atoms with Gasteiger partial charge in [-0.25, -0.2) is 0 Å². The van der Waals surface area contributed by atoms with Crippen molar-refractivity contribution >= 4 is 24.2 Å². The van der Waals surface area contributed by atoms with Crippen molar-refractivity contribution in [3.63, 3.8) is 0 Å². The molecule has 0 spiro atoms. The number of amides is 2. The zero-order chi connectivity index (χ0) is 14.6. The van der Waals surface area contributed by atoms with E-state index in [-0.39, 0.29) is 24.2 Å². The maximum atomic E-state index is 12.6.